The predicted molar refractivity (Wildman–Crippen MR) is 130 cm³/mol. The van der Waals surface area contributed by atoms with Gasteiger partial charge in [-0.15, -0.1) is 17.5 Å². The van der Waals surface area contributed by atoms with Crippen molar-refractivity contribution in [2.24, 2.45) is 0 Å². The number of hydrogen-bond acceptors (Lipinski definition) is 4. The Morgan fingerprint density at radius 3 is 2.59 bits per heavy atom. The van der Waals surface area contributed by atoms with E-state index in [0.29, 0.717) is 17.1 Å². The molecule has 0 aliphatic carbocycles. The van der Waals surface area contributed by atoms with Crippen LogP contribution in [-0.2, 0) is 21.1 Å². The van der Waals surface area contributed by atoms with Crippen LogP contribution in [0.1, 0.15) is 11.1 Å². The minimum Gasteiger partial charge on any atom is -0.506 e. The van der Waals surface area contributed by atoms with Crippen molar-refractivity contribution in [2.75, 3.05) is 0 Å². The summed E-state index contributed by atoms with van der Waals surface area (Å²) in [7, 11) is 0. The van der Waals surface area contributed by atoms with Gasteiger partial charge in [0, 0.05) is 50.0 Å². The quantitative estimate of drug-likeness (QED) is 0.224. The van der Waals surface area contributed by atoms with E-state index in [1.54, 1.807) is 18.3 Å². The minimum atomic E-state index is 0. The number of aryl methyl sites for hydroxylation is 2. The second-order valence-corrected chi connectivity index (χ2v) is 8.24. The Balaban J connectivity index is 0.00000241. The summed E-state index contributed by atoms with van der Waals surface area (Å²) in [5.41, 5.74) is 4.63. The number of pyridine rings is 2. The Morgan fingerprint density at radius 1 is 0.882 bits per heavy atom. The molecular weight excluding hydrogens is 605 g/mol. The third-order valence-corrected chi connectivity index (χ3v) is 5.79. The summed E-state index contributed by atoms with van der Waals surface area (Å²) < 4.78 is 8.18. The number of aromatic hydroxyl groups is 1. The normalized spacial score (nSPS) is 11.1. The fourth-order valence-corrected chi connectivity index (χ4v) is 4.34. The first-order valence-electron chi connectivity index (χ1n) is 10.7. The first-order chi connectivity index (χ1) is 16.1. The molecular formula is C28H20N3O2Pt-. The zero-order valence-corrected chi connectivity index (χ0v) is 20.8. The Bertz CT molecular complexity index is 1680. The molecule has 0 spiro atoms. The Kier molecular flexibility index (Phi) is 5.58. The van der Waals surface area contributed by atoms with Gasteiger partial charge in [0.1, 0.15) is 17.1 Å². The molecule has 0 saturated heterocycles. The smallest absolute Gasteiger partial charge is 0.217 e. The molecule has 0 bridgehead atoms. The third-order valence-electron chi connectivity index (χ3n) is 5.79. The van der Waals surface area contributed by atoms with Gasteiger partial charge >= 0.3 is 0 Å². The first kappa shape index (κ1) is 22.1. The number of nitrogens with zero attached hydrogens (tertiary/aromatic N) is 3. The van der Waals surface area contributed by atoms with Crippen LogP contribution in [0.3, 0.4) is 0 Å². The Morgan fingerprint density at radius 2 is 1.76 bits per heavy atom. The van der Waals surface area contributed by atoms with Crippen LogP contribution in [0.15, 0.2) is 79.0 Å². The molecule has 6 heteroatoms. The number of aromatic nitrogens is 3. The van der Waals surface area contributed by atoms with E-state index in [-0.39, 0.29) is 26.8 Å². The molecule has 0 aliphatic rings. The fraction of sp³-hybridized carbons (Fsp3) is 0.0714. The maximum absolute atomic E-state index is 10.3. The molecule has 6 aromatic rings. The van der Waals surface area contributed by atoms with Crippen molar-refractivity contribution in [2.45, 2.75) is 13.8 Å². The number of phenolic OH excluding ortho intramolecular Hbond substituents is 1. The summed E-state index contributed by atoms with van der Waals surface area (Å²) in [5, 5.41) is 13.4. The minimum absolute atomic E-state index is 0. The summed E-state index contributed by atoms with van der Waals surface area (Å²) in [6, 6.07) is 27.0. The van der Waals surface area contributed by atoms with E-state index in [0.717, 1.165) is 38.6 Å². The molecule has 0 unspecified atom stereocenters. The molecule has 1 N–H and O–H groups in total. The molecule has 0 fully saturated rings. The molecule has 3 aromatic carbocycles. The number of rotatable bonds is 3. The van der Waals surface area contributed by atoms with Crippen LogP contribution in [0.4, 0.5) is 0 Å². The molecule has 170 valence electrons. The average molecular weight is 626 g/mol. The zero-order valence-electron chi connectivity index (χ0n) is 18.5. The first-order valence-corrected chi connectivity index (χ1v) is 10.7. The van der Waals surface area contributed by atoms with Crippen molar-refractivity contribution >= 4 is 32.7 Å². The van der Waals surface area contributed by atoms with E-state index in [9.17, 15) is 5.11 Å². The van der Waals surface area contributed by atoms with Gasteiger partial charge in [0.05, 0.1) is 0 Å². The van der Waals surface area contributed by atoms with E-state index in [1.165, 1.54) is 5.56 Å². The summed E-state index contributed by atoms with van der Waals surface area (Å²) in [6.07, 6.45) is 1.79. The molecule has 0 aliphatic heterocycles. The monoisotopic (exact) mass is 625 g/mol. The van der Waals surface area contributed by atoms with Gasteiger partial charge in [0.25, 0.3) is 0 Å². The number of hydrogen-bond donors (Lipinski definition) is 1. The second-order valence-electron chi connectivity index (χ2n) is 8.24. The molecule has 0 saturated carbocycles. The molecule has 3 aromatic heterocycles. The van der Waals surface area contributed by atoms with Crippen LogP contribution in [-0.4, -0.2) is 19.6 Å². The molecule has 6 rings (SSSR count). The number of benzene rings is 3. The van der Waals surface area contributed by atoms with Crippen LogP contribution < -0.4 is 4.74 Å². The van der Waals surface area contributed by atoms with E-state index in [2.05, 4.69) is 45.7 Å². The molecule has 5 nitrogen and oxygen atoms in total. The van der Waals surface area contributed by atoms with Gasteiger partial charge in [0.2, 0.25) is 5.88 Å². The summed E-state index contributed by atoms with van der Waals surface area (Å²) in [4.78, 5) is 9.09. The van der Waals surface area contributed by atoms with Gasteiger partial charge in [-0.3, -0.25) is 0 Å². The third kappa shape index (κ3) is 3.72. The Labute approximate surface area is 210 Å². The van der Waals surface area contributed by atoms with Crippen LogP contribution >= 0.6 is 0 Å². The van der Waals surface area contributed by atoms with Crippen LogP contribution in [0, 0.1) is 19.9 Å². The standard InChI is InChI=1S/C28H20N3O2.Pt/c1-17-6-10-23-22(14-17)21-9-8-20(16-24(21)31(23)26-5-3-4-12-29-26)33-27-11-7-19-13-18(2)15-25(32)28(19)30-27;/h3-15,32H,1-2H3;/q-1;. The average Bonchev–Trinajstić information content (AvgIpc) is 3.13. The number of ether oxygens (including phenoxy) is 1. The topological polar surface area (TPSA) is 60.2 Å². The summed E-state index contributed by atoms with van der Waals surface area (Å²) in [5.74, 6) is 1.89. The van der Waals surface area contributed by atoms with E-state index < -0.39 is 0 Å². The van der Waals surface area contributed by atoms with Crippen LogP contribution in [0.5, 0.6) is 17.4 Å². The van der Waals surface area contributed by atoms with Crippen molar-refractivity contribution in [3.63, 3.8) is 0 Å². The van der Waals surface area contributed by atoms with Crippen LogP contribution in [0.25, 0.3) is 38.5 Å². The van der Waals surface area contributed by atoms with Gasteiger partial charge in [-0.25, -0.2) is 9.97 Å². The molecule has 0 atom stereocenters. The van der Waals surface area contributed by atoms with E-state index >= 15 is 0 Å². The van der Waals surface area contributed by atoms with Gasteiger partial charge < -0.3 is 14.4 Å². The molecule has 0 amide bonds. The maximum atomic E-state index is 10.3. The van der Waals surface area contributed by atoms with E-state index in [4.69, 9.17) is 4.74 Å². The van der Waals surface area contributed by atoms with Crippen molar-refractivity contribution in [1.29, 1.82) is 0 Å². The van der Waals surface area contributed by atoms with E-state index in [1.807, 2.05) is 49.4 Å². The van der Waals surface area contributed by atoms with Crippen molar-refractivity contribution < 1.29 is 30.9 Å². The van der Waals surface area contributed by atoms with Crippen LogP contribution in [0.2, 0.25) is 0 Å². The van der Waals surface area contributed by atoms with Crippen molar-refractivity contribution in [1.82, 2.24) is 14.5 Å². The SMILES string of the molecule is Cc1cc(O)c2nc(Oc3[c-]c4c(cc3)c3cc(C)ccc3n4-c3ccccn3)ccc2c1.[Pt]. The van der Waals surface area contributed by atoms with Gasteiger partial charge in [-0.1, -0.05) is 29.3 Å². The van der Waals surface area contributed by atoms with Crippen molar-refractivity contribution in [3.05, 3.63) is 96.2 Å². The molecule has 34 heavy (non-hydrogen) atoms. The summed E-state index contributed by atoms with van der Waals surface area (Å²) >= 11 is 0. The van der Waals surface area contributed by atoms with Gasteiger partial charge in [-0.2, -0.15) is 6.07 Å². The molecule has 3 heterocycles. The maximum Gasteiger partial charge on any atom is 0.217 e. The predicted octanol–water partition coefficient (Wildman–Crippen LogP) is 6.64. The number of fused-ring (bicyclic) bond motifs is 4. The largest absolute Gasteiger partial charge is 0.506 e. The molecule has 0 radical (unpaired) electrons. The van der Waals surface area contributed by atoms with Gasteiger partial charge in [0.15, 0.2) is 0 Å². The fourth-order valence-electron chi connectivity index (χ4n) is 4.34. The van der Waals surface area contributed by atoms with Crippen molar-refractivity contribution in [3.8, 4) is 23.2 Å². The summed E-state index contributed by atoms with van der Waals surface area (Å²) in [6.45, 7) is 4.03. The van der Waals surface area contributed by atoms with Gasteiger partial charge in [-0.05, 0) is 61.2 Å². The zero-order chi connectivity index (χ0) is 22.5. The number of phenols is 1. The Hall–Kier alpha value is -3.69. The second kappa shape index (κ2) is 8.58.